The topological polar surface area (TPSA) is 97.7 Å². The second-order valence-electron chi connectivity index (χ2n) is 6.69. The predicted octanol–water partition coefficient (Wildman–Crippen LogP) is 3.51. The van der Waals surface area contributed by atoms with Crippen LogP contribution in [0.3, 0.4) is 0 Å². The molecule has 0 spiro atoms. The van der Waals surface area contributed by atoms with Gasteiger partial charge in [-0.2, -0.15) is 0 Å². The van der Waals surface area contributed by atoms with Crippen molar-refractivity contribution < 1.29 is 23.5 Å². The first-order valence-corrected chi connectivity index (χ1v) is 10.3. The van der Waals surface area contributed by atoms with E-state index in [4.69, 9.17) is 11.6 Å². The van der Waals surface area contributed by atoms with E-state index in [-0.39, 0.29) is 22.8 Å². The Labute approximate surface area is 170 Å². The van der Waals surface area contributed by atoms with Crippen LogP contribution in [0.2, 0.25) is 5.02 Å². The number of carboxylic acid groups (broad SMARTS) is 1. The minimum atomic E-state index is -2.53. The number of Topliss-reactive ketones (excluding diaryl/α,β-unsaturated/α-hetero) is 1. The molecule has 2 unspecified atom stereocenters. The van der Waals surface area contributed by atoms with Crippen molar-refractivity contribution in [3.8, 4) is 0 Å². The maximum atomic E-state index is 12.7. The largest absolute Gasteiger partial charge is 0.771 e. The van der Waals surface area contributed by atoms with Crippen molar-refractivity contribution in [2.24, 2.45) is 5.92 Å². The summed E-state index contributed by atoms with van der Waals surface area (Å²) in [6.07, 6.45) is 1.01. The highest BCUT2D eigenvalue weighted by molar-refractivity contribution is 7.79. The number of ketones is 1. The van der Waals surface area contributed by atoms with Crippen LogP contribution >= 0.6 is 11.6 Å². The van der Waals surface area contributed by atoms with E-state index in [0.29, 0.717) is 36.5 Å². The molecule has 0 bridgehead atoms. The Hall–Kier alpha value is -2.06. The summed E-state index contributed by atoms with van der Waals surface area (Å²) >= 11 is 3.33. The molecule has 1 N–H and O–H groups in total. The normalized spacial score (nSPS) is 17.8. The highest BCUT2D eigenvalue weighted by Gasteiger charge is 2.32. The van der Waals surface area contributed by atoms with Crippen molar-refractivity contribution in [1.82, 2.24) is 4.90 Å². The van der Waals surface area contributed by atoms with Crippen LogP contribution in [0, 0.1) is 5.92 Å². The Kier molecular flexibility index (Phi) is 6.61. The lowest BCUT2D eigenvalue weighted by molar-refractivity contribution is 0.0693. The monoisotopic (exact) mass is 420 g/mol. The van der Waals surface area contributed by atoms with Gasteiger partial charge in [-0.3, -0.25) is 13.9 Å². The first-order chi connectivity index (χ1) is 13.4. The molecule has 0 aromatic heterocycles. The van der Waals surface area contributed by atoms with E-state index in [1.54, 1.807) is 41.3 Å². The highest BCUT2D eigenvalue weighted by Crippen LogP contribution is 2.32. The first-order valence-electron chi connectivity index (χ1n) is 8.82. The van der Waals surface area contributed by atoms with Crippen molar-refractivity contribution in [1.29, 1.82) is 0 Å². The number of likely N-dealkylation sites (tertiary alicyclic amines) is 1. The van der Waals surface area contributed by atoms with E-state index in [0.717, 1.165) is 0 Å². The number of carbonyl (C=O) groups is 2. The van der Waals surface area contributed by atoms with Crippen molar-refractivity contribution in [3.05, 3.63) is 70.2 Å². The molecule has 1 aliphatic heterocycles. The van der Waals surface area contributed by atoms with Crippen LogP contribution in [0.15, 0.2) is 48.5 Å². The van der Waals surface area contributed by atoms with Gasteiger partial charge in [0.1, 0.15) is 0 Å². The van der Waals surface area contributed by atoms with Gasteiger partial charge in [0.05, 0.1) is 10.9 Å². The van der Waals surface area contributed by atoms with Crippen LogP contribution in [-0.4, -0.2) is 43.6 Å². The Morgan fingerprint density at radius 2 is 1.71 bits per heavy atom. The van der Waals surface area contributed by atoms with Gasteiger partial charge in [0.25, 0.3) is 0 Å². The summed E-state index contributed by atoms with van der Waals surface area (Å²) in [4.78, 5) is 25.9. The Balaban J connectivity index is 1.75. The van der Waals surface area contributed by atoms with Crippen LogP contribution < -0.4 is 0 Å². The molecule has 28 heavy (non-hydrogen) atoms. The molecule has 0 amide bonds. The minimum Gasteiger partial charge on any atom is -0.771 e. The predicted molar refractivity (Wildman–Crippen MR) is 105 cm³/mol. The van der Waals surface area contributed by atoms with E-state index in [1.807, 2.05) is 0 Å². The van der Waals surface area contributed by atoms with Crippen LogP contribution in [0.5, 0.6) is 0 Å². The molecule has 3 rings (SSSR count). The molecule has 8 heteroatoms. The Morgan fingerprint density at radius 1 is 1.11 bits per heavy atom. The fourth-order valence-corrected chi connectivity index (χ4v) is 4.57. The van der Waals surface area contributed by atoms with E-state index >= 15 is 0 Å². The van der Waals surface area contributed by atoms with Crippen molar-refractivity contribution in [2.75, 3.05) is 13.1 Å². The third-order valence-corrected chi connectivity index (χ3v) is 6.17. The molecule has 0 aliphatic carbocycles. The first kappa shape index (κ1) is 20.7. The zero-order chi connectivity index (χ0) is 20.3. The number of carboxylic acids is 1. The number of hydrogen-bond acceptors (Lipinski definition) is 5. The van der Waals surface area contributed by atoms with Crippen molar-refractivity contribution in [2.45, 2.75) is 18.2 Å². The number of benzene rings is 2. The van der Waals surface area contributed by atoms with E-state index in [2.05, 4.69) is 0 Å². The fourth-order valence-electron chi connectivity index (χ4n) is 3.58. The average molecular weight is 421 g/mol. The number of rotatable bonds is 6. The van der Waals surface area contributed by atoms with E-state index in [1.165, 1.54) is 12.1 Å². The second-order valence-corrected chi connectivity index (χ2v) is 8.09. The van der Waals surface area contributed by atoms with Gasteiger partial charge < -0.3 is 9.66 Å². The molecule has 6 nitrogen and oxygen atoms in total. The van der Waals surface area contributed by atoms with E-state index in [9.17, 15) is 23.5 Å². The number of halogens is 1. The molecule has 1 heterocycles. The fraction of sp³-hybridized carbons (Fsp3) is 0.300. The number of hydrogen-bond donors (Lipinski definition) is 1. The summed E-state index contributed by atoms with van der Waals surface area (Å²) < 4.78 is 23.9. The molecule has 148 valence electrons. The van der Waals surface area contributed by atoms with Gasteiger partial charge in [0.2, 0.25) is 0 Å². The molecule has 0 saturated carbocycles. The SMILES string of the molecule is O=C(O)c1ccccc1C(N1CCC(C(=O)c2ccc(Cl)cc2)CC1)S(=O)[O-]. The third kappa shape index (κ3) is 4.50. The zero-order valence-corrected chi connectivity index (χ0v) is 16.5. The van der Waals surface area contributed by atoms with Gasteiger partial charge >= 0.3 is 5.97 Å². The summed E-state index contributed by atoms with van der Waals surface area (Å²) in [5, 5.41) is 8.88. The van der Waals surface area contributed by atoms with Crippen LogP contribution in [-0.2, 0) is 11.1 Å². The van der Waals surface area contributed by atoms with Gasteiger partial charge in [-0.05, 0) is 59.8 Å². The van der Waals surface area contributed by atoms with Crippen LogP contribution in [0.1, 0.15) is 44.5 Å². The lowest BCUT2D eigenvalue weighted by atomic mass is 9.88. The third-order valence-electron chi connectivity index (χ3n) is 5.00. The number of nitrogens with zero attached hydrogens (tertiary/aromatic N) is 1. The summed E-state index contributed by atoms with van der Waals surface area (Å²) in [7, 11) is 0. The molecular formula is C20H19ClNO5S-. The smallest absolute Gasteiger partial charge is 0.336 e. The molecule has 2 aromatic carbocycles. The molecule has 1 fully saturated rings. The minimum absolute atomic E-state index is 0.0158. The summed E-state index contributed by atoms with van der Waals surface area (Å²) in [5.74, 6) is -1.35. The molecular weight excluding hydrogens is 402 g/mol. The summed E-state index contributed by atoms with van der Waals surface area (Å²) in [6.45, 7) is 0.771. The quantitative estimate of drug-likeness (QED) is 0.567. The van der Waals surface area contributed by atoms with Gasteiger partial charge in [0.15, 0.2) is 5.78 Å². The lowest BCUT2D eigenvalue weighted by Crippen LogP contribution is -2.40. The second kappa shape index (κ2) is 8.96. The van der Waals surface area contributed by atoms with Gasteiger partial charge in [-0.15, -0.1) is 0 Å². The number of carbonyl (C=O) groups excluding carboxylic acids is 1. The Morgan fingerprint density at radius 3 is 2.29 bits per heavy atom. The van der Waals surface area contributed by atoms with Gasteiger partial charge in [0, 0.05) is 29.6 Å². The molecule has 0 radical (unpaired) electrons. The maximum Gasteiger partial charge on any atom is 0.336 e. The van der Waals surface area contributed by atoms with Gasteiger partial charge in [-0.1, -0.05) is 29.8 Å². The standard InChI is InChI=1S/C20H20ClNO5S/c21-15-7-5-13(6-8-15)18(23)14-9-11-22(12-10-14)19(28(26)27)16-3-1-2-4-17(16)20(24)25/h1-8,14,19H,9-12H2,(H,24,25)(H,26,27)/p-1. The zero-order valence-electron chi connectivity index (χ0n) is 14.9. The highest BCUT2D eigenvalue weighted by atomic mass is 35.5. The summed E-state index contributed by atoms with van der Waals surface area (Å²) in [6, 6.07) is 12.8. The summed E-state index contributed by atoms with van der Waals surface area (Å²) in [5.41, 5.74) is 0.796. The van der Waals surface area contributed by atoms with Crippen LogP contribution in [0.25, 0.3) is 0 Å². The van der Waals surface area contributed by atoms with Crippen LogP contribution in [0.4, 0.5) is 0 Å². The molecule has 2 aromatic rings. The number of aromatic carboxylic acids is 1. The van der Waals surface area contributed by atoms with Gasteiger partial charge in [-0.25, -0.2) is 4.79 Å². The molecule has 1 saturated heterocycles. The van der Waals surface area contributed by atoms with Crippen molar-refractivity contribution >= 4 is 34.4 Å². The molecule has 1 aliphatic rings. The molecule has 2 atom stereocenters. The van der Waals surface area contributed by atoms with Crippen molar-refractivity contribution in [3.63, 3.8) is 0 Å². The number of piperidine rings is 1. The Bertz CT molecular complexity index is 894. The van der Waals surface area contributed by atoms with E-state index < -0.39 is 22.4 Å². The average Bonchev–Trinajstić information content (AvgIpc) is 2.69. The lowest BCUT2D eigenvalue weighted by Gasteiger charge is -2.38. The maximum absolute atomic E-state index is 12.7.